The Labute approximate surface area is 99.0 Å². The minimum absolute atomic E-state index is 0.108. The van der Waals surface area contributed by atoms with Crippen LogP contribution in [0, 0.1) is 11.6 Å². The normalized spacial score (nSPS) is 16.5. The van der Waals surface area contributed by atoms with Gasteiger partial charge in [0.15, 0.2) is 0 Å². The lowest BCUT2D eigenvalue weighted by atomic mass is 10.2. The van der Waals surface area contributed by atoms with Crippen molar-refractivity contribution in [3.8, 4) is 0 Å². The predicted molar refractivity (Wildman–Crippen MR) is 60.7 cm³/mol. The van der Waals surface area contributed by atoms with Crippen LogP contribution in [0.3, 0.4) is 0 Å². The predicted octanol–water partition coefficient (Wildman–Crippen LogP) is 3.47. The molecule has 1 aromatic rings. The van der Waals surface area contributed by atoms with Gasteiger partial charge >= 0.3 is 7.60 Å². The van der Waals surface area contributed by atoms with E-state index < -0.39 is 25.4 Å². The molecule has 0 aliphatic heterocycles. The highest BCUT2D eigenvalue weighted by molar-refractivity contribution is 7.51. The van der Waals surface area contributed by atoms with Crippen LogP contribution >= 0.6 is 7.60 Å². The van der Waals surface area contributed by atoms with E-state index in [1.54, 1.807) is 6.92 Å². The van der Waals surface area contributed by atoms with Crippen molar-refractivity contribution in [2.75, 3.05) is 0 Å². The fraction of sp³-hybridized carbons (Fsp3) is 0.455. The van der Waals surface area contributed by atoms with Gasteiger partial charge in [-0.1, -0.05) is 6.92 Å². The van der Waals surface area contributed by atoms with E-state index in [0.29, 0.717) is 12.5 Å². The van der Waals surface area contributed by atoms with Gasteiger partial charge < -0.3 is 9.42 Å². The molecular formula is C11H15F2O3P. The van der Waals surface area contributed by atoms with E-state index in [4.69, 9.17) is 4.52 Å². The lowest BCUT2D eigenvalue weighted by Gasteiger charge is -2.16. The van der Waals surface area contributed by atoms with Gasteiger partial charge in [-0.3, -0.25) is 4.57 Å². The molecule has 0 aromatic heterocycles. The number of rotatable bonds is 5. The molecule has 6 heteroatoms. The zero-order valence-electron chi connectivity index (χ0n) is 9.69. The van der Waals surface area contributed by atoms with Crippen LogP contribution in [-0.4, -0.2) is 11.0 Å². The molecule has 0 bridgehead atoms. The first-order valence-electron chi connectivity index (χ1n) is 5.27. The summed E-state index contributed by atoms with van der Waals surface area (Å²) in [6, 6.07) is 2.75. The summed E-state index contributed by atoms with van der Waals surface area (Å²) < 4.78 is 42.4. The van der Waals surface area contributed by atoms with Crippen molar-refractivity contribution in [3.63, 3.8) is 0 Å². The average molecular weight is 264 g/mol. The SMILES string of the molecule is CCC(C)OP(=O)(O)Cc1cc(F)cc(F)c1. The standard InChI is InChI=1S/C11H15F2O3P/c1-3-8(2)16-17(14,15)7-9-4-10(12)6-11(13)5-9/h4-6,8H,3,7H2,1-2H3,(H,14,15). The van der Waals surface area contributed by atoms with Gasteiger partial charge in [0.25, 0.3) is 0 Å². The minimum atomic E-state index is -3.86. The second-order valence-corrected chi connectivity index (χ2v) is 5.70. The van der Waals surface area contributed by atoms with Gasteiger partial charge in [0, 0.05) is 6.07 Å². The summed E-state index contributed by atoms with van der Waals surface area (Å²) in [6.45, 7) is 3.47. The maximum atomic E-state index is 12.9. The first-order chi connectivity index (χ1) is 7.82. The fourth-order valence-electron chi connectivity index (χ4n) is 1.33. The van der Waals surface area contributed by atoms with Gasteiger partial charge in [-0.05, 0) is 31.0 Å². The van der Waals surface area contributed by atoms with Crippen LogP contribution in [0.1, 0.15) is 25.8 Å². The van der Waals surface area contributed by atoms with E-state index in [1.807, 2.05) is 6.92 Å². The van der Waals surface area contributed by atoms with E-state index in [9.17, 15) is 18.2 Å². The highest BCUT2D eigenvalue weighted by Gasteiger charge is 2.23. The Kier molecular flexibility index (Phi) is 4.80. The van der Waals surface area contributed by atoms with Crippen LogP contribution in [0.5, 0.6) is 0 Å². The Balaban J connectivity index is 2.79. The fourth-order valence-corrected chi connectivity index (χ4v) is 2.76. The third-order valence-electron chi connectivity index (χ3n) is 2.22. The maximum Gasteiger partial charge on any atom is 0.332 e. The quantitative estimate of drug-likeness (QED) is 0.828. The van der Waals surface area contributed by atoms with Crippen molar-refractivity contribution in [3.05, 3.63) is 35.4 Å². The summed E-state index contributed by atoms with van der Waals surface area (Å²) in [5.41, 5.74) is 0.108. The lowest BCUT2D eigenvalue weighted by Crippen LogP contribution is -2.05. The zero-order chi connectivity index (χ0) is 13.1. The Morgan fingerprint density at radius 2 is 1.88 bits per heavy atom. The van der Waals surface area contributed by atoms with E-state index in [2.05, 4.69) is 0 Å². The summed E-state index contributed by atoms with van der Waals surface area (Å²) in [7, 11) is -3.86. The Morgan fingerprint density at radius 1 is 1.35 bits per heavy atom. The second kappa shape index (κ2) is 5.71. The summed E-state index contributed by atoms with van der Waals surface area (Å²) in [5.74, 6) is -1.55. The van der Waals surface area contributed by atoms with E-state index in [0.717, 1.165) is 12.1 Å². The van der Waals surface area contributed by atoms with Crippen LogP contribution in [0.2, 0.25) is 0 Å². The minimum Gasteiger partial charge on any atom is -0.324 e. The third kappa shape index (κ3) is 4.94. The topological polar surface area (TPSA) is 46.5 Å². The highest BCUT2D eigenvalue weighted by atomic mass is 31.2. The smallest absolute Gasteiger partial charge is 0.324 e. The Hall–Kier alpha value is -0.770. The maximum absolute atomic E-state index is 12.9. The van der Waals surface area contributed by atoms with Crippen molar-refractivity contribution in [1.82, 2.24) is 0 Å². The summed E-state index contributed by atoms with van der Waals surface area (Å²) in [6.07, 6.45) is -0.183. The zero-order valence-corrected chi connectivity index (χ0v) is 10.6. The third-order valence-corrected chi connectivity index (χ3v) is 3.68. The molecule has 1 aromatic carbocycles. The van der Waals surface area contributed by atoms with Gasteiger partial charge in [0.05, 0.1) is 12.3 Å². The highest BCUT2D eigenvalue weighted by Crippen LogP contribution is 2.47. The molecule has 2 atom stereocenters. The van der Waals surface area contributed by atoms with Gasteiger partial charge in [-0.15, -0.1) is 0 Å². The first-order valence-corrected chi connectivity index (χ1v) is 7.04. The van der Waals surface area contributed by atoms with Crippen molar-refractivity contribution in [2.45, 2.75) is 32.5 Å². The molecule has 0 amide bonds. The molecule has 0 heterocycles. The molecule has 17 heavy (non-hydrogen) atoms. The van der Waals surface area contributed by atoms with Crippen LogP contribution in [0.4, 0.5) is 8.78 Å². The van der Waals surface area contributed by atoms with E-state index in [-0.39, 0.29) is 11.7 Å². The van der Waals surface area contributed by atoms with Crippen molar-refractivity contribution in [2.24, 2.45) is 0 Å². The van der Waals surface area contributed by atoms with Crippen molar-refractivity contribution in [1.29, 1.82) is 0 Å². The second-order valence-electron chi connectivity index (χ2n) is 3.90. The summed E-state index contributed by atoms with van der Waals surface area (Å²) in [4.78, 5) is 9.54. The molecule has 0 aliphatic rings. The number of hydrogen-bond donors (Lipinski definition) is 1. The summed E-state index contributed by atoms with van der Waals surface area (Å²) >= 11 is 0. The molecule has 0 fully saturated rings. The molecule has 1 rings (SSSR count). The average Bonchev–Trinajstić information content (AvgIpc) is 2.13. The number of benzene rings is 1. The Bertz CT molecular complexity index is 416. The molecule has 1 N–H and O–H groups in total. The molecule has 96 valence electrons. The van der Waals surface area contributed by atoms with Crippen LogP contribution in [-0.2, 0) is 15.3 Å². The number of halogens is 2. The molecule has 0 radical (unpaired) electrons. The van der Waals surface area contributed by atoms with Gasteiger partial charge in [-0.25, -0.2) is 8.78 Å². The molecule has 3 nitrogen and oxygen atoms in total. The van der Waals surface area contributed by atoms with Gasteiger partial charge in [-0.2, -0.15) is 0 Å². The molecule has 0 spiro atoms. The number of hydrogen-bond acceptors (Lipinski definition) is 2. The largest absolute Gasteiger partial charge is 0.332 e. The summed E-state index contributed by atoms with van der Waals surface area (Å²) in [5, 5.41) is 0. The van der Waals surface area contributed by atoms with Gasteiger partial charge in [0.1, 0.15) is 11.6 Å². The van der Waals surface area contributed by atoms with Crippen molar-refractivity contribution >= 4 is 7.60 Å². The molecular weight excluding hydrogens is 249 g/mol. The van der Waals surface area contributed by atoms with Crippen LogP contribution in [0.15, 0.2) is 18.2 Å². The van der Waals surface area contributed by atoms with Gasteiger partial charge in [0.2, 0.25) is 0 Å². The van der Waals surface area contributed by atoms with Crippen molar-refractivity contribution < 1.29 is 22.8 Å². The lowest BCUT2D eigenvalue weighted by molar-refractivity contribution is 0.185. The first kappa shape index (κ1) is 14.3. The van der Waals surface area contributed by atoms with E-state index in [1.165, 1.54) is 0 Å². The monoisotopic (exact) mass is 264 g/mol. The van der Waals surface area contributed by atoms with E-state index >= 15 is 0 Å². The van der Waals surface area contributed by atoms with Crippen LogP contribution < -0.4 is 0 Å². The van der Waals surface area contributed by atoms with Crippen LogP contribution in [0.25, 0.3) is 0 Å². The molecule has 0 saturated heterocycles. The molecule has 0 saturated carbocycles. The molecule has 0 aliphatic carbocycles. The molecule has 2 unspecified atom stereocenters. The Morgan fingerprint density at radius 3 is 2.35 bits per heavy atom.